The molecule has 8 heavy (non-hydrogen) atoms. The lowest BCUT2D eigenvalue weighted by molar-refractivity contribution is 0.290. The highest BCUT2D eigenvalue weighted by molar-refractivity contribution is 4.77. The first-order chi connectivity index (χ1) is 3.72. The summed E-state index contributed by atoms with van der Waals surface area (Å²) in [4.78, 5) is 0. The maximum Gasteiger partial charge on any atom is 0.0837 e. The Kier molecular flexibility index (Phi) is 1.57. The van der Waals surface area contributed by atoms with Gasteiger partial charge in [-0.3, -0.25) is 0 Å². The Labute approximate surface area is 51.0 Å². The van der Waals surface area contributed by atoms with Gasteiger partial charge < -0.3 is 4.74 Å². The van der Waals surface area contributed by atoms with E-state index in [4.69, 9.17) is 4.74 Å². The molecule has 0 amide bonds. The molecule has 1 aliphatic rings. The molecular weight excluding hydrogens is 100 g/mol. The molecule has 0 bridgehead atoms. The van der Waals surface area contributed by atoms with Gasteiger partial charge in [0.15, 0.2) is 0 Å². The van der Waals surface area contributed by atoms with Crippen molar-refractivity contribution in [2.75, 3.05) is 6.61 Å². The molecule has 1 heteroatoms. The van der Waals surface area contributed by atoms with E-state index < -0.39 is 0 Å². The molecule has 1 fully saturated rings. The van der Waals surface area contributed by atoms with Gasteiger partial charge >= 0.3 is 0 Å². The van der Waals surface area contributed by atoms with E-state index in [1.807, 2.05) is 0 Å². The zero-order valence-corrected chi connectivity index (χ0v) is 5.85. The highest BCUT2D eigenvalue weighted by Crippen LogP contribution is 2.25. The molecule has 0 spiro atoms. The van der Waals surface area contributed by atoms with Crippen molar-refractivity contribution in [2.45, 2.75) is 26.9 Å². The van der Waals surface area contributed by atoms with Crippen LogP contribution in [0.1, 0.15) is 20.8 Å². The predicted octanol–water partition coefficient (Wildman–Crippen LogP) is 1.68. The number of hydrogen-bond donors (Lipinski definition) is 0. The Hall–Kier alpha value is -0.0400. The van der Waals surface area contributed by atoms with E-state index in [2.05, 4.69) is 20.8 Å². The Morgan fingerprint density at radius 1 is 1.38 bits per heavy atom. The van der Waals surface area contributed by atoms with Gasteiger partial charge in [-0.1, -0.05) is 20.8 Å². The van der Waals surface area contributed by atoms with Crippen molar-refractivity contribution in [1.82, 2.24) is 0 Å². The molecular formula is C7H14O. The zero-order valence-electron chi connectivity index (χ0n) is 5.85. The van der Waals surface area contributed by atoms with Crippen molar-refractivity contribution >= 4 is 0 Å². The molecule has 1 aliphatic heterocycles. The third kappa shape index (κ3) is 1.22. The van der Waals surface area contributed by atoms with Gasteiger partial charge in [0, 0.05) is 0 Å². The lowest BCUT2D eigenvalue weighted by Gasteiger charge is -2.10. The Morgan fingerprint density at radius 3 is 2.00 bits per heavy atom. The Morgan fingerprint density at radius 2 is 1.88 bits per heavy atom. The second kappa shape index (κ2) is 2.06. The third-order valence-corrected chi connectivity index (χ3v) is 2.00. The molecule has 0 aliphatic carbocycles. The molecule has 0 aromatic rings. The lowest BCUT2D eigenvalue weighted by Crippen LogP contribution is -2.10. The van der Waals surface area contributed by atoms with Crippen LogP contribution < -0.4 is 0 Å². The summed E-state index contributed by atoms with van der Waals surface area (Å²) in [7, 11) is 0. The first kappa shape index (κ1) is 6.09. The average molecular weight is 114 g/mol. The van der Waals surface area contributed by atoms with E-state index in [1.165, 1.54) is 0 Å². The van der Waals surface area contributed by atoms with Crippen LogP contribution in [0.5, 0.6) is 0 Å². The Bertz CT molecular complexity index is 72.5. The van der Waals surface area contributed by atoms with E-state index in [-0.39, 0.29) is 0 Å². The van der Waals surface area contributed by atoms with Gasteiger partial charge in [-0.25, -0.2) is 0 Å². The van der Waals surface area contributed by atoms with Crippen LogP contribution in [0, 0.1) is 11.8 Å². The smallest absolute Gasteiger partial charge is 0.0837 e. The fourth-order valence-electron chi connectivity index (χ4n) is 0.788. The number of rotatable bonds is 2. The Balaban J connectivity index is 2.22. The summed E-state index contributed by atoms with van der Waals surface area (Å²) in [5.41, 5.74) is 0. The summed E-state index contributed by atoms with van der Waals surface area (Å²) in [6.45, 7) is 7.74. The van der Waals surface area contributed by atoms with Crippen LogP contribution in [-0.2, 0) is 4.74 Å². The van der Waals surface area contributed by atoms with Gasteiger partial charge in [0.05, 0.1) is 12.7 Å². The van der Waals surface area contributed by atoms with Crippen LogP contribution in [0.25, 0.3) is 0 Å². The highest BCUT2D eigenvalue weighted by atomic mass is 16.6. The molecule has 1 heterocycles. The second-order valence-electron chi connectivity index (χ2n) is 2.97. The molecule has 0 saturated carbocycles. The van der Waals surface area contributed by atoms with Crippen molar-refractivity contribution in [1.29, 1.82) is 0 Å². The SMILES string of the molecule is CC(C)[C@H](C)[C@@H]1CO1. The van der Waals surface area contributed by atoms with Crippen LogP contribution in [-0.4, -0.2) is 12.7 Å². The lowest BCUT2D eigenvalue weighted by atomic mass is 9.95. The van der Waals surface area contributed by atoms with Crippen LogP contribution in [0.2, 0.25) is 0 Å². The molecule has 1 nitrogen and oxygen atoms in total. The molecule has 0 aromatic heterocycles. The number of hydrogen-bond acceptors (Lipinski definition) is 1. The van der Waals surface area contributed by atoms with Gasteiger partial charge in [-0.15, -0.1) is 0 Å². The maximum atomic E-state index is 5.13. The van der Waals surface area contributed by atoms with Gasteiger partial charge in [0.25, 0.3) is 0 Å². The minimum atomic E-state index is 0.593. The average Bonchev–Trinajstić information content (AvgIpc) is 2.43. The summed E-state index contributed by atoms with van der Waals surface area (Å²) >= 11 is 0. The predicted molar refractivity (Wildman–Crippen MR) is 33.7 cm³/mol. The highest BCUT2D eigenvalue weighted by Gasteiger charge is 2.30. The van der Waals surface area contributed by atoms with Crippen LogP contribution in [0.3, 0.4) is 0 Å². The summed E-state index contributed by atoms with van der Waals surface area (Å²) < 4.78 is 5.13. The van der Waals surface area contributed by atoms with E-state index in [0.717, 1.165) is 18.4 Å². The largest absolute Gasteiger partial charge is 0.373 e. The first-order valence-electron chi connectivity index (χ1n) is 3.33. The maximum absolute atomic E-state index is 5.13. The van der Waals surface area contributed by atoms with Gasteiger partial charge in [0.2, 0.25) is 0 Å². The molecule has 2 atom stereocenters. The van der Waals surface area contributed by atoms with Crippen molar-refractivity contribution in [2.24, 2.45) is 11.8 Å². The minimum Gasteiger partial charge on any atom is -0.373 e. The van der Waals surface area contributed by atoms with Crippen molar-refractivity contribution < 1.29 is 4.74 Å². The molecule has 0 radical (unpaired) electrons. The zero-order chi connectivity index (χ0) is 6.15. The second-order valence-corrected chi connectivity index (χ2v) is 2.97. The molecule has 0 unspecified atom stereocenters. The fourth-order valence-corrected chi connectivity index (χ4v) is 0.788. The normalized spacial score (nSPS) is 30.8. The van der Waals surface area contributed by atoms with Gasteiger partial charge in [-0.2, -0.15) is 0 Å². The van der Waals surface area contributed by atoms with E-state index in [0.29, 0.717) is 6.10 Å². The first-order valence-corrected chi connectivity index (χ1v) is 3.33. The summed E-state index contributed by atoms with van der Waals surface area (Å²) in [5, 5.41) is 0. The summed E-state index contributed by atoms with van der Waals surface area (Å²) in [5.74, 6) is 1.54. The van der Waals surface area contributed by atoms with Crippen molar-refractivity contribution in [3.8, 4) is 0 Å². The van der Waals surface area contributed by atoms with E-state index in [9.17, 15) is 0 Å². The summed E-state index contributed by atoms with van der Waals surface area (Å²) in [6.07, 6.45) is 0.593. The van der Waals surface area contributed by atoms with Crippen LogP contribution in [0.15, 0.2) is 0 Å². The molecule has 1 rings (SSSR count). The van der Waals surface area contributed by atoms with Crippen LogP contribution >= 0.6 is 0 Å². The van der Waals surface area contributed by atoms with Gasteiger partial charge in [0.1, 0.15) is 0 Å². The summed E-state index contributed by atoms with van der Waals surface area (Å²) in [6, 6.07) is 0. The van der Waals surface area contributed by atoms with E-state index in [1.54, 1.807) is 0 Å². The molecule has 0 N–H and O–H groups in total. The van der Waals surface area contributed by atoms with Crippen LogP contribution in [0.4, 0.5) is 0 Å². The topological polar surface area (TPSA) is 12.5 Å². The molecule has 0 aromatic carbocycles. The monoisotopic (exact) mass is 114 g/mol. The number of ether oxygens (including phenoxy) is 1. The van der Waals surface area contributed by atoms with Crippen molar-refractivity contribution in [3.05, 3.63) is 0 Å². The minimum absolute atomic E-state index is 0.593. The standard InChI is InChI=1S/C7H14O/c1-5(2)6(3)7-4-8-7/h5-7H,4H2,1-3H3/t6-,7-/m0/s1. The fraction of sp³-hybridized carbons (Fsp3) is 1.00. The van der Waals surface area contributed by atoms with E-state index >= 15 is 0 Å². The molecule has 48 valence electrons. The third-order valence-electron chi connectivity index (χ3n) is 2.00. The van der Waals surface area contributed by atoms with Crippen molar-refractivity contribution in [3.63, 3.8) is 0 Å². The quantitative estimate of drug-likeness (QED) is 0.497. The number of epoxide rings is 1. The molecule has 1 saturated heterocycles. The van der Waals surface area contributed by atoms with Gasteiger partial charge in [-0.05, 0) is 11.8 Å².